The number of ketones is 1. The summed E-state index contributed by atoms with van der Waals surface area (Å²) in [6, 6.07) is 9.93. The van der Waals surface area contributed by atoms with E-state index in [1.165, 1.54) is 0 Å². The van der Waals surface area contributed by atoms with E-state index in [9.17, 15) is 4.79 Å². The zero-order valence-corrected chi connectivity index (χ0v) is 9.26. The second-order valence-electron chi connectivity index (χ2n) is 4.13. The highest BCUT2D eigenvalue weighted by molar-refractivity contribution is 5.80. The molecule has 0 aliphatic carbocycles. The molecule has 0 saturated carbocycles. The third-order valence-electron chi connectivity index (χ3n) is 2.83. The molecule has 2 nitrogen and oxygen atoms in total. The van der Waals surface area contributed by atoms with E-state index in [4.69, 9.17) is 4.74 Å². The van der Waals surface area contributed by atoms with Crippen LogP contribution in [-0.4, -0.2) is 11.9 Å². The molecule has 0 aromatic heterocycles. The molecular weight excluding hydrogens is 200 g/mol. The van der Waals surface area contributed by atoms with Crippen molar-refractivity contribution < 1.29 is 9.53 Å². The van der Waals surface area contributed by atoms with Gasteiger partial charge in [-0.15, -0.1) is 6.58 Å². The molecule has 0 N–H and O–H groups in total. The highest BCUT2D eigenvalue weighted by atomic mass is 16.5. The van der Waals surface area contributed by atoms with Crippen molar-refractivity contribution in [1.82, 2.24) is 0 Å². The molecule has 0 radical (unpaired) electrons. The fourth-order valence-corrected chi connectivity index (χ4v) is 2.06. The number of Topliss-reactive ketones (excluding diaryl/α,β-unsaturated/α-hetero) is 1. The van der Waals surface area contributed by atoms with Gasteiger partial charge in [0, 0.05) is 12.8 Å². The first-order valence-electron chi connectivity index (χ1n) is 5.62. The van der Waals surface area contributed by atoms with Crippen molar-refractivity contribution in [2.75, 3.05) is 0 Å². The Morgan fingerprint density at radius 2 is 2.06 bits per heavy atom. The van der Waals surface area contributed by atoms with Crippen molar-refractivity contribution in [3.05, 3.63) is 48.6 Å². The predicted molar refractivity (Wildman–Crippen MR) is 63.1 cm³/mol. The van der Waals surface area contributed by atoms with Gasteiger partial charge in [0.15, 0.2) is 0 Å². The van der Waals surface area contributed by atoms with Crippen molar-refractivity contribution >= 4 is 5.78 Å². The topological polar surface area (TPSA) is 26.3 Å². The number of benzene rings is 1. The first-order chi connectivity index (χ1) is 7.79. The first-order valence-corrected chi connectivity index (χ1v) is 5.62. The Morgan fingerprint density at radius 3 is 2.75 bits per heavy atom. The monoisotopic (exact) mass is 216 g/mol. The molecule has 1 heterocycles. The molecule has 1 saturated heterocycles. The van der Waals surface area contributed by atoms with E-state index in [2.05, 4.69) is 6.58 Å². The maximum Gasteiger partial charge on any atom is 0.138 e. The number of rotatable bonds is 3. The highest BCUT2D eigenvalue weighted by Crippen LogP contribution is 2.30. The normalized spacial score (nSPS) is 25.4. The lowest BCUT2D eigenvalue weighted by Crippen LogP contribution is -2.27. The van der Waals surface area contributed by atoms with Crippen molar-refractivity contribution in [2.24, 2.45) is 0 Å². The Morgan fingerprint density at radius 1 is 1.31 bits per heavy atom. The first kappa shape index (κ1) is 11.1. The second kappa shape index (κ2) is 5.08. The van der Waals surface area contributed by atoms with Crippen molar-refractivity contribution in [2.45, 2.75) is 31.5 Å². The average molecular weight is 216 g/mol. The number of carbonyl (C=O) groups excluding carboxylic acids is 1. The third kappa shape index (κ3) is 2.58. The summed E-state index contributed by atoms with van der Waals surface area (Å²) < 4.78 is 5.89. The number of hydrogen-bond donors (Lipinski definition) is 0. The van der Waals surface area contributed by atoms with Crippen LogP contribution in [0.5, 0.6) is 0 Å². The van der Waals surface area contributed by atoms with Gasteiger partial charge in [-0.2, -0.15) is 0 Å². The smallest absolute Gasteiger partial charge is 0.138 e. The van der Waals surface area contributed by atoms with Crippen LogP contribution in [0.1, 0.15) is 30.9 Å². The van der Waals surface area contributed by atoms with Crippen molar-refractivity contribution in [3.63, 3.8) is 0 Å². The fourth-order valence-electron chi connectivity index (χ4n) is 2.06. The molecule has 2 heteroatoms. The molecule has 1 aromatic rings. The molecule has 84 valence electrons. The van der Waals surface area contributed by atoms with Crippen molar-refractivity contribution in [1.29, 1.82) is 0 Å². The van der Waals surface area contributed by atoms with E-state index in [-0.39, 0.29) is 18.0 Å². The molecule has 1 aliphatic heterocycles. The van der Waals surface area contributed by atoms with Crippen LogP contribution >= 0.6 is 0 Å². The van der Waals surface area contributed by atoms with Gasteiger partial charge in [0.25, 0.3) is 0 Å². The maximum absolute atomic E-state index is 11.6. The molecule has 1 aromatic carbocycles. The molecule has 16 heavy (non-hydrogen) atoms. The van der Waals surface area contributed by atoms with Crippen LogP contribution in [0.3, 0.4) is 0 Å². The molecule has 1 fully saturated rings. The Bertz CT molecular complexity index is 370. The summed E-state index contributed by atoms with van der Waals surface area (Å²) in [5.74, 6) is 0.284. The molecule has 0 spiro atoms. The lowest BCUT2D eigenvalue weighted by atomic mass is 9.96. The minimum Gasteiger partial charge on any atom is -0.369 e. The van der Waals surface area contributed by atoms with E-state index in [1.807, 2.05) is 36.4 Å². The fraction of sp³-hybridized carbons (Fsp3) is 0.357. The van der Waals surface area contributed by atoms with Gasteiger partial charge in [0.05, 0.1) is 12.2 Å². The Kier molecular flexibility index (Phi) is 3.52. The van der Waals surface area contributed by atoms with E-state index in [0.29, 0.717) is 12.8 Å². The Hall–Kier alpha value is -1.41. The van der Waals surface area contributed by atoms with Gasteiger partial charge in [0.1, 0.15) is 5.78 Å². The van der Waals surface area contributed by atoms with Gasteiger partial charge in [0.2, 0.25) is 0 Å². The van der Waals surface area contributed by atoms with E-state index in [1.54, 1.807) is 0 Å². The number of carbonyl (C=O) groups is 1. The number of hydrogen-bond acceptors (Lipinski definition) is 2. The molecule has 0 amide bonds. The van der Waals surface area contributed by atoms with Gasteiger partial charge < -0.3 is 4.74 Å². The molecule has 0 bridgehead atoms. The van der Waals surface area contributed by atoms with Crippen LogP contribution in [0, 0.1) is 0 Å². The zero-order valence-electron chi connectivity index (χ0n) is 9.26. The SMILES string of the molecule is C=CC[C@H]1CC(=O)CC(c2ccccc2)O1. The van der Waals surface area contributed by atoms with Gasteiger partial charge in [-0.05, 0) is 12.0 Å². The van der Waals surface area contributed by atoms with E-state index < -0.39 is 0 Å². The second-order valence-corrected chi connectivity index (χ2v) is 4.13. The highest BCUT2D eigenvalue weighted by Gasteiger charge is 2.27. The Labute approximate surface area is 95.9 Å². The lowest BCUT2D eigenvalue weighted by Gasteiger charge is -2.29. The van der Waals surface area contributed by atoms with Gasteiger partial charge >= 0.3 is 0 Å². The van der Waals surface area contributed by atoms with Gasteiger partial charge in [-0.1, -0.05) is 36.4 Å². The lowest BCUT2D eigenvalue weighted by molar-refractivity contribution is -0.135. The van der Waals surface area contributed by atoms with Crippen molar-refractivity contribution in [3.8, 4) is 0 Å². The summed E-state index contributed by atoms with van der Waals surface area (Å²) in [4.78, 5) is 11.6. The largest absolute Gasteiger partial charge is 0.369 e. The molecular formula is C14H16O2. The standard InChI is InChI=1S/C14H16O2/c1-2-6-13-9-12(15)10-14(16-13)11-7-4-3-5-8-11/h2-5,7-8,13-14H,1,6,9-10H2/t13-,14?/m0/s1. The number of ether oxygens (including phenoxy) is 1. The third-order valence-corrected chi connectivity index (χ3v) is 2.83. The summed E-state index contributed by atoms with van der Waals surface area (Å²) in [5, 5.41) is 0. The van der Waals surface area contributed by atoms with Crippen LogP contribution in [0.25, 0.3) is 0 Å². The maximum atomic E-state index is 11.6. The Balaban J connectivity index is 2.10. The van der Waals surface area contributed by atoms with Gasteiger partial charge in [-0.3, -0.25) is 4.79 Å². The molecule has 1 unspecified atom stereocenters. The van der Waals surface area contributed by atoms with Crippen LogP contribution < -0.4 is 0 Å². The van der Waals surface area contributed by atoms with Crippen LogP contribution in [-0.2, 0) is 9.53 Å². The molecule has 1 aliphatic rings. The summed E-state index contributed by atoms with van der Waals surface area (Å²) in [7, 11) is 0. The summed E-state index contributed by atoms with van der Waals surface area (Å²) >= 11 is 0. The molecule has 2 atom stereocenters. The van der Waals surface area contributed by atoms with Gasteiger partial charge in [-0.25, -0.2) is 0 Å². The summed E-state index contributed by atoms with van der Waals surface area (Å²) in [5.41, 5.74) is 1.09. The molecule has 2 rings (SSSR count). The van der Waals surface area contributed by atoms with Crippen LogP contribution in [0.2, 0.25) is 0 Å². The summed E-state index contributed by atoms with van der Waals surface area (Å²) in [6.07, 6.45) is 3.50. The average Bonchev–Trinajstić information content (AvgIpc) is 2.30. The van der Waals surface area contributed by atoms with Crippen LogP contribution in [0.15, 0.2) is 43.0 Å². The van der Waals surface area contributed by atoms with Crippen LogP contribution in [0.4, 0.5) is 0 Å². The van der Waals surface area contributed by atoms with E-state index in [0.717, 1.165) is 12.0 Å². The van der Waals surface area contributed by atoms with E-state index >= 15 is 0 Å². The summed E-state index contributed by atoms with van der Waals surface area (Å²) in [6.45, 7) is 3.69. The zero-order chi connectivity index (χ0) is 11.4. The minimum absolute atomic E-state index is 0.00366. The predicted octanol–water partition coefficient (Wildman–Crippen LogP) is 3.05. The minimum atomic E-state index is -0.0765. The quantitative estimate of drug-likeness (QED) is 0.726.